The zero-order chi connectivity index (χ0) is 13.5. The van der Waals surface area contributed by atoms with E-state index < -0.39 is 0 Å². The zero-order valence-electron chi connectivity index (χ0n) is 12.3. The molecular formula is C13H30N2O2. The van der Waals surface area contributed by atoms with Crippen molar-refractivity contribution in [2.45, 2.75) is 58.4 Å². The number of hydrogen-bond acceptors (Lipinski definition) is 4. The molecule has 104 valence electrons. The van der Waals surface area contributed by atoms with Crippen molar-refractivity contribution in [1.82, 2.24) is 4.90 Å². The van der Waals surface area contributed by atoms with Crippen LogP contribution < -0.4 is 5.73 Å². The first-order valence-electron chi connectivity index (χ1n) is 6.47. The SMILES string of the molecule is CCCN(C(C)C)C(C)(CN)CC(OC)OC. The van der Waals surface area contributed by atoms with Crippen LogP contribution in [0.4, 0.5) is 0 Å². The van der Waals surface area contributed by atoms with Crippen LogP contribution in [-0.2, 0) is 9.47 Å². The fourth-order valence-corrected chi connectivity index (χ4v) is 2.33. The summed E-state index contributed by atoms with van der Waals surface area (Å²) in [6.07, 6.45) is 1.72. The van der Waals surface area contributed by atoms with E-state index in [9.17, 15) is 0 Å². The van der Waals surface area contributed by atoms with Gasteiger partial charge < -0.3 is 15.2 Å². The van der Waals surface area contributed by atoms with E-state index in [0.29, 0.717) is 12.6 Å². The van der Waals surface area contributed by atoms with Crippen LogP contribution in [0.3, 0.4) is 0 Å². The second kappa shape index (κ2) is 8.03. The Kier molecular flexibility index (Phi) is 7.96. The van der Waals surface area contributed by atoms with Gasteiger partial charge in [-0.2, -0.15) is 0 Å². The summed E-state index contributed by atoms with van der Waals surface area (Å²) in [7, 11) is 3.34. The maximum atomic E-state index is 5.98. The highest BCUT2D eigenvalue weighted by Crippen LogP contribution is 2.24. The van der Waals surface area contributed by atoms with Crippen molar-refractivity contribution in [1.29, 1.82) is 0 Å². The highest BCUT2D eigenvalue weighted by atomic mass is 16.7. The van der Waals surface area contributed by atoms with Crippen LogP contribution >= 0.6 is 0 Å². The fourth-order valence-electron chi connectivity index (χ4n) is 2.33. The zero-order valence-corrected chi connectivity index (χ0v) is 12.3. The highest BCUT2D eigenvalue weighted by Gasteiger charge is 2.34. The summed E-state index contributed by atoms with van der Waals surface area (Å²) in [6, 6.07) is 0.470. The van der Waals surface area contributed by atoms with E-state index in [2.05, 4.69) is 32.6 Å². The molecule has 0 saturated carbocycles. The smallest absolute Gasteiger partial charge is 0.158 e. The summed E-state index contributed by atoms with van der Waals surface area (Å²) >= 11 is 0. The number of nitrogens with zero attached hydrogens (tertiary/aromatic N) is 1. The molecule has 0 aliphatic heterocycles. The average molecular weight is 246 g/mol. The number of ether oxygens (including phenoxy) is 2. The third kappa shape index (κ3) is 4.92. The molecule has 1 atom stereocenters. The van der Waals surface area contributed by atoms with Gasteiger partial charge in [0.1, 0.15) is 0 Å². The predicted octanol–water partition coefficient (Wildman–Crippen LogP) is 1.83. The Hall–Kier alpha value is -0.160. The Labute approximate surface area is 106 Å². The molecule has 0 bridgehead atoms. The minimum absolute atomic E-state index is 0.0825. The third-order valence-electron chi connectivity index (χ3n) is 3.35. The van der Waals surface area contributed by atoms with Crippen molar-refractivity contribution >= 4 is 0 Å². The molecule has 0 aliphatic carbocycles. The van der Waals surface area contributed by atoms with Crippen LogP contribution in [0.15, 0.2) is 0 Å². The Morgan fingerprint density at radius 3 is 2.06 bits per heavy atom. The first kappa shape index (κ1) is 16.8. The predicted molar refractivity (Wildman–Crippen MR) is 72.0 cm³/mol. The second-order valence-electron chi connectivity index (χ2n) is 5.09. The van der Waals surface area contributed by atoms with E-state index in [-0.39, 0.29) is 11.8 Å². The Morgan fingerprint density at radius 1 is 1.24 bits per heavy atom. The van der Waals surface area contributed by atoms with Crippen LogP contribution in [0.25, 0.3) is 0 Å². The average Bonchev–Trinajstić information content (AvgIpc) is 2.32. The normalized spacial score (nSPS) is 15.9. The number of nitrogens with two attached hydrogens (primary N) is 1. The van der Waals surface area contributed by atoms with Crippen molar-refractivity contribution in [2.24, 2.45) is 5.73 Å². The Balaban J connectivity index is 4.81. The Morgan fingerprint density at radius 2 is 1.76 bits per heavy atom. The van der Waals surface area contributed by atoms with Crippen LogP contribution in [0.2, 0.25) is 0 Å². The Bertz CT molecular complexity index is 196. The lowest BCUT2D eigenvalue weighted by atomic mass is 9.93. The van der Waals surface area contributed by atoms with Crippen molar-refractivity contribution in [3.63, 3.8) is 0 Å². The molecule has 0 spiro atoms. The molecule has 0 fully saturated rings. The van der Waals surface area contributed by atoms with Gasteiger partial charge in [0, 0.05) is 38.8 Å². The van der Waals surface area contributed by atoms with Gasteiger partial charge in [-0.25, -0.2) is 0 Å². The molecule has 0 aromatic rings. The number of hydrogen-bond donors (Lipinski definition) is 1. The molecule has 0 amide bonds. The van der Waals surface area contributed by atoms with E-state index in [1.165, 1.54) is 0 Å². The minimum Gasteiger partial charge on any atom is -0.356 e. The molecule has 0 heterocycles. The van der Waals surface area contributed by atoms with Gasteiger partial charge in [-0.1, -0.05) is 6.92 Å². The van der Waals surface area contributed by atoms with Gasteiger partial charge in [0.2, 0.25) is 0 Å². The molecule has 0 rings (SSSR count). The summed E-state index contributed by atoms with van der Waals surface area (Å²) in [5, 5.41) is 0. The minimum atomic E-state index is -0.193. The van der Waals surface area contributed by atoms with E-state index in [1.54, 1.807) is 14.2 Å². The first-order chi connectivity index (χ1) is 7.95. The molecule has 1 unspecified atom stereocenters. The van der Waals surface area contributed by atoms with Gasteiger partial charge in [-0.05, 0) is 33.7 Å². The van der Waals surface area contributed by atoms with Crippen LogP contribution in [0.5, 0.6) is 0 Å². The van der Waals surface area contributed by atoms with Crippen molar-refractivity contribution in [3.8, 4) is 0 Å². The van der Waals surface area contributed by atoms with E-state index in [0.717, 1.165) is 19.4 Å². The lowest BCUT2D eigenvalue weighted by Crippen LogP contribution is -2.56. The molecule has 0 aromatic heterocycles. The number of methoxy groups -OCH3 is 2. The number of rotatable bonds is 9. The monoisotopic (exact) mass is 246 g/mol. The van der Waals surface area contributed by atoms with Gasteiger partial charge in [0.25, 0.3) is 0 Å². The standard InChI is InChI=1S/C13H30N2O2/c1-7-8-15(11(2)3)13(4,10-14)9-12(16-5)17-6/h11-12H,7-10,14H2,1-6H3. The van der Waals surface area contributed by atoms with Crippen LogP contribution in [0, 0.1) is 0 Å². The van der Waals surface area contributed by atoms with Crippen molar-refractivity contribution in [3.05, 3.63) is 0 Å². The molecule has 2 N–H and O–H groups in total. The van der Waals surface area contributed by atoms with Gasteiger partial charge in [0.05, 0.1) is 0 Å². The summed E-state index contributed by atoms with van der Waals surface area (Å²) in [5.74, 6) is 0. The summed E-state index contributed by atoms with van der Waals surface area (Å²) < 4.78 is 10.6. The van der Waals surface area contributed by atoms with Crippen LogP contribution in [-0.4, -0.2) is 50.1 Å². The molecule has 0 saturated heterocycles. The molecule has 0 radical (unpaired) electrons. The molecule has 17 heavy (non-hydrogen) atoms. The fraction of sp³-hybridized carbons (Fsp3) is 1.00. The third-order valence-corrected chi connectivity index (χ3v) is 3.35. The van der Waals surface area contributed by atoms with Gasteiger partial charge in [-0.3, -0.25) is 4.90 Å². The molecule has 0 aliphatic rings. The van der Waals surface area contributed by atoms with E-state index in [4.69, 9.17) is 15.2 Å². The van der Waals surface area contributed by atoms with Gasteiger partial charge >= 0.3 is 0 Å². The lowest BCUT2D eigenvalue weighted by molar-refractivity contribution is -0.131. The summed E-state index contributed by atoms with van der Waals surface area (Å²) in [4.78, 5) is 2.44. The second-order valence-corrected chi connectivity index (χ2v) is 5.09. The highest BCUT2D eigenvalue weighted by molar-refractivity contribution is 4.90. The molecule has 4 heteroatoms. The van der Waals surface area contributed by atoms with Crippen molar-refractivity contribution < 1.29 is 9.47 Å². The lowest BCUT2D eigenvalue weighted by Gasteiger charge is -2.44. The molecule has 4 nitrogen and oxygen atoms in total. The van der Waals surface area contributed by atoms with Crippen LogP contribution in [0.1, 0.15) is 40.5 Å². The van der Waals surface area contributed by atoms with Gasteiger partial charge in [-0.15, -0.1) is 0 Å². The quantitative estimate of drug-likeness (QED) is 0.631. The van der Waals surface area contributed by atoms with E-state index in [1.807, 2.05) is 0 Å². The molecular weight excluding hydrogens is 216 g/mol. The summed E-state index contributed by atoms with van der Waals surface area (Å²) in [5.41, 5.74) is 5.90. The first-order valence-corrected chi connectivity index (χ1v) is 6.47. The van der Waals surface area contributed by atoms with Crippen molar-refractivity contribution in [2.75, 3.05) is 27.3 Å². The van der Waals surface area contributed by atoms with Gasteiger partial charge in [0.15, 0.2) is 6.29 Å². The largest absolute Gasteiger partial charge is 0.356 e. The summed E-state index contributed by atoms with van der Waals surface area (Å²) in [6.45, 7) is 10.4. The molecule has 0 aromatic carbocycles. The maximum Gasteiger partial charge on any atom is 0.158 e. The van der Waals surface area contributed by atoms with E-state index >= 15 is 0 Å². The topological polar surface area (TPSA) is 47.7 Å². The maximum absolute atomic E-state index is 5.98.